The summed E-state index contributed by atoms with van der Waals surface area (Å²) in [6, 6.07) is 15.1. The number of carbonyl (C=O) groups is 1. The van der Waals surface area contributed by atoms with Gasteiger partial charge in [-0.1, -0.05) is 36.0 Å². The Morgan fingerprint density at radius 3 is 2.85 bits per heavy atom. The topological polar surface area (TPSA) is 95.6 Å². The molecule has 0 saturated heterocycles. The molecule has 0 radical (unpaired) electrons. The SMILES string of the molecule is O=C(CSc1nc2cc3c(cc2c(=O)n1Cc1ccco1)OCO3)N[C@@H]1CCc2ccccc21. The molecule has 172 valence electrons. The van der Waals surface area contributed by atoms with Crippen LogP contribution < -0.4 is 20.3 Å². The van der Waals surface area contributed by atoms with E-state index in [9.17, 15) is 9.59 Å². The van der Waals surface area contributed by atoms with E-state index in [-0.39, 0.29) is 36.6 Å². The summed E-state index contributed by atoms with van der Waals surface area (Å²) < 4.78 is 17.9. The number of hydrogen-bond donors (Lipinski definition) is 1. The standard InChI is InChI=1S/C25H21N3O5S/c29-23(26-19-8-7-15-4-1-2-6-17(15)19)13-34-25-27-20-11-22-21(32-14-33-22)10-18(20)24(30)28(25)12-16-5-3-9-31-16/h1-6,9-11,19H,7-8,12-14H2,(H,26,29)/t19-/m1/s1. The van der Waals surface area contributed by atoms with Crippen LogP contribution in [0.1, 0.15) is 29.3 Å². The number of furan rings is 1. The van der Waals surface area contributed by atoms with Crippen LogP contribution in [0.5, 0.6) is 11.5 Å². The number of aryl methyl sites for hydroxylation is 1. The molecule has 1 aliphatic heterocycles. The van der Waals surface area contributed by atoms with Crippen LogP contribution in [0.15, 0.2) is 69.2 Å². The Morgan fingerprint density at radius 2 is 2.00 bits per heavy atom. The number of aromatic nitrogens is 2. The first-order chi connectivity index (χ1) is 16.7. The van der Waals surface area contributed by atoms with Gasteiger partial charge in [0.2, 0.25) is 12.7 Å². The first-order valence-corrected chi connectivity index (χ1v) is 12.0. The second-order valence-corrected chi connectivity index (χ2v) is 9.18. The summed E-state index contributed by atoms with van der Waals surface area (Å²) in [5.41, 5.74) is 2.73. The van der Waals surface area contributed by atoms with Crippen molar-refractivity contribution in [3.05, 3.63) is 82.0 Å². The lowest BCUT2D eigenvalue weighted by molar-refractivity contribution is -0.119. The van der Waals surface area contributed by atoms with Crippen molar-refractivity contribution in [1.29, 1.82) is 0 Å². The van der Waals surface area contributed by atoms with Gasteiger partial charge in [-0.25, -0.2) is 4.98 Å². The highest BCUT2D eigenvalue weighted by atomic mass is 32.2. The minimum absolute atomic E-state index is 0.0129. The molecule has 1 amide bonds. The zero-order valence-corrected chi connectivity index (χ0v) is 19.0. The molecule has 1 N–H and O–H groups in total. The van der Waals surface area contributed by atoms with Crippen molar-refractivity contribution in [1.82, 2.24) is 14.9 Å². The maximum Gasteiger partial charge on any atom is 0.262 e. The molecule has 4 aromatic rings. The zero-order chi connectivity index (χ0) is 23.1. The van der Waals surface area contributed by atoms with E-state index in [2.05, 4.69) is 17.4 Å². The van der Waals surface area contributed by atoms with Gasteiger partial charge in [0.25, 0.3) is 5.56 Å². The van der Waals surface area contributed by atoms with Crippen molar-refractivity contribution in [2.24, 2.45) is 0 Å². The summed E-state index contributed by atoms with van der Waals surface area (Å²) in [6.45, 7) is 0.321. The highest BCUT2D eigenvalue weighted by Crippen LogP contribution is 2.35. The van der Waals surface area contributed by atoms with Crippen molar-refractivity contribution < 1.29 is 18.7 Å². The predicted molar refractivity (Wildman–Crippen MR) is 126 cm³/mol. The second-order valence-electron chi connectivity index (χ2n) is 8.23. The first kappa shape index (κ1) is 20.9. The number of rotatable bonds is 6. The van der Waals surface area contributed by atoms with Gasteiger partial charge in [0.05, 0.1) is 35.5 Å². The largest absolute Gasteiger partial charge is 0.467 e. The summed E-state index contributed by atoms with van der Waals surface area (Å²) in [5.74, 6) is 1.73. The molecule has 1 aliphatic carbocycles. The van der Waals surface area contributed by atoms with Crippen LogP contribution >= 0.6 is 11.8 Å². The van der Waals surface area contributed by atoms with Gasteiger partial charge in [0.15, 0.2) is 16.7 Å². The summed E-state index contributed by atoms with van der Waals surface area (Å²) in [7, 11) is 0. The van der Waals surface area contributed by atoms with Gasteiger partial charge in [0.1, 0.15) is 5.76 Å². The van der Waals surface area contributed by atoms with Gasteiger partial charge < -0.3 is 19.2 Å². The molecule has 1 atom stereocenters. The fourth-order valence-corrected chi connectivity index (χ4v) is 5.28. The van der Waals surface area contributed by atoms with Crippen molar-refractivity contribution in [3.8, 4) is 11.5 Å². The van der Waals surface area contributed by atoms with Crippen LogP contribution in [0, 0.1) is 0 Å². The van der Waals surface area contributed by atoms with Crippen molar-refractivity contribution in [2.75, 3.05) is 12.5 Å². The second kappa shape index (κ2) is 8.57. The van der Waals surface area contributed by atoms with Gasteiger partial charge >= 0.3 is 0 Å². The van der Waals surface area contributed by atoms with Crippen LogP contribution in [0.2, 0.25) is 0 Å². The summed E-state index contributed by atoms with van der Waals surface area (Å²) in [6.07, 6.45) is 3.41. The number of thioether (sulfide) groups is 1. The summed E-state index contributed by atoms with van der Waals surface area (Å²) in [4.78, 5) is 30.9. The number of hydrogen-bond acceptors (Lipinski definition) is 7. The highest BCUT2D eigenvalue weighted by Gasteiger charge is 2.24. The third kappa shape index (κ3) is 3.81. The highest BCUT2D eigenvalue weighted by molar-refractivity contribution is 7.99. The maximum atomic E-state index is 13.4. The van der Waals surface area contributed by atoms with E-state index in [1.807, 2.05) is 12.1 Å². The Labute approximate surface area is 198 Å². The molecule has 34 heavy (non-hydrogen) atoms. The van der Waals surface area contributed by atoms with E-state index in [0.717, 1.165) is 12.8 Å². The summed E-state index contributed by atoms with van der Waals surface area (Å²) >= 11 is 1.23. The quantitative estimate of drug-likeness (QED) is 0.336. The zero-order valence-electron chi connectivity index (χ0n) is 18.2. The van der Waals surface area contributed by atoms with Gasteiger partial charge in [-0.3, -0.25) is 14.2 Å². The van der Waals surface area contributed by atoms with E-state index in [0.29, 0.717) is 33.3 Å². The predicted octanol–water partition coefficient (Wildman–Crippen LogP) is 3.66. The van der Waals surface area contributed by atoms with Crippen LogP contribution in [-0.4, -0.2) is 28.0 Å². The lowest BCUT2D eigenvalue weighted by atomic mass is 10.1. The molecule has 2 aliphatic rings. The van der Waals surface area contributed by atoms with Gasteiger partial charge in [-0.2, -0.15) is 0 Å². The average Bonchev–Trinajstić information content (AvgIpc) is 3.60. The maximum absolute atomic E-state index is 13.4. The molecule has 0 fully saturated rings. The van der Waals surface area contributed by atoms with Crippen LogP contribution in [0.4, 0.5) is 0 Å². The third-order valence-electron chi connectivity index (χ3n) is 6.11. The van der Waals surface area contributed by atoms with E-state index in [4.69, 9.17) is 18.9 Å². The van der Waals surface area contributed by atoms with Crippen molar-refractivity contribution >= 4 is 28.6 Å². The minimum Gasteiger partial charge on any atom is -0.467 e. The number of ether oxygens (including phenoxy) is 2. The van der Waals surface area contributed by atoms with E-state index < -0.39 is 0 Å². The Balaban J connectivity index is 1.28. The molecule has 8 nitrogen and oxygen atoms in total. The molecule has 0 unspecified atom stereocenters. The van der Waals surface area contributed by atoms with Crippen molar-refractivity contribution in [2.45, 2.75) is 30.6 Å². The van der Waals surface area contributed by atoms with E-state index >= 15 is 0 Å². The first-order valence-electron chi connectivity index (χ1n) is 11.0. The number of amides is 1. The van der Waals surface area contributed by atoms with Crippen molar-refractivity contribution in [3.63, 3.8) is 0 Å². The lowest BCUT2D eigenvalue weighted by Gasteiger charge is -2.15. The number of nitrogens with zero attached hydrogens (tertiary/aromatic N) is 2. The Morgan fingerprint density at radius 1 is 1.15 bits per heavy atom. The molecule has 9 heteroatoms. The van der Waals surface area contributed by atoms with E-state index in [1.54, 1.807) is 30.5 Å². The minimum atomic E-state index is -0.229. The number of fused-ring (bicyclic) bond motifs is 3. The Kier molecular flexibility index (Phi) is 5.26. The molecule has 0 saturated carbocycles. The fourth-order valence-electron chi connectivity index (χ4n) is 4.47. The number of carbonyl (C=O) groups excluding carboxylic acids is 1. The molecule has 2 aromatic carbocycles. The summed E-state index contributed by atoms with van der Waals surface area (Å²) in [5, 5.41) is 3.99. The van der Waals surface area contributed by atoms with Crippen LogP contribution in [-0.2, 0) is 17.8 Å². The molecule has 6 rings (SSSR count). The lowest BCUT2D eigenvalue weighted by Crippen LogP contribution is -2.29. The fraction of sp³-hybridized carbons (Fsp3) is 0.240. The van der Waals surface area contributed by atoms with Crippen LogP contribution in [0.3, 0.4) is 0 Å². The average molecular weight is 476 g/mol. The van der Waals surface area contributed by atoms with Gasteiger partial charge in [-0.15, -0.1) is 0 Å². The molecule has 2 aromatic heterocycles. The molecule has 0 spiro atoms. The molecular weight excluding hydrogens is 454 g/mol. The van der Waals surface area contributed by atoms with Crippen LogP contribution in [0.25, 0.3) is 10.9 Å². The molecular formula is C25H21N3O5S. The Hall–Kier alpha value is -3.72. The van der Waals surface area contributed by atoms with E-state index in [1.165, 1.54) is 27.5 Å². The Bertz CT molecular complexity index is 1450. The van der Waals surface area contributed by atoms with Gasteiger partial charge in [-0.05, 0) is 42.2 Å². The smallest absolute Gasteiger partial charge is 0.262 e. The molecule has 3 heterocycles. The van der Waals surface area contributed by atoms with Gasteiger partial charge in [0, 0.05) is 6.07 Å². The molecule has 0 bridgehead atoms. The third-order valence-corrected chi connectivity index (χ3v) is 7.08. The normalized spacial score (nSPS) is 16.1. The monoisotopic (exact) mass is 475 g/mol. The number of nitrogens with one attached hydrogen (secondary N) is 1. The number of benzene rings is 2.